The van der Waals surface area contributed by atoms with Crippen LogP contribution >= 0.6 is 27.7 Å². The number of hydrogen-bond acceptors (Lipinski definition) is 4. The largest absolute Gasteiger partial charge is 0.450 e. The molecule has 1 aliphatic rings. The zero-order chi connectivity index (χ0) is 15.5. The molecule has 1 fully saturated rings. The first-order chi connectivity index (χ1) is 10.6. The van der Waals surface area contributed by atoms with Gasteiger partial charge in [-0.15, -0.1) is 0 Å². The normalized spacial score (nSPS) is 19.5. The minimum Gasteiger partial charge on any atom is -0.450 e. The molecule has 4 nitrogen and oxygen atoms in total. The van der Waals surface area contributed by atoms with E-state index in [0.29, 0.717) is 15.3 Å². The molecule has 0 unspecified atom stereocenters. The molecule has 2 N–H and O–H groups in total. The Balaban J connectivity index is 1.67. The summed E-state index contributed by atoms with van der Waals surface area (Å²) >= 11 is 4.69. The summed E-state index contributed by atoms with van der Waals surface area (Å²) in [5.74, 6) is 0.553. The van der Waals surface area contributed by atoms with E-state index in [1.54, 1.807) is 12.1 Å². The van der Waals surface area contributed by atoms with Gasteiger partial charge < -0.3 is 15.1 Å². The van der Waals surface area contributed by atoms with Crippen LogP contribution in [-0.4, -0.2) is 11.4 Å². The molecule has 2 heterocycles. The van der Waals surface area contributed by atoms with Crippen LogP contribution in [0.4, 0.5) is 5.69 Å². The lowest BCUT2D eigenvalue weighted by Gasteiger charge is -2.12. The molecule has 1 amide bonds. The number of anilines is 1. The van der Waals surface area contributed by atoms with E-state index in [4.69, 9.17) is 4.42 Å². The summed E-state index contributed by atoms with van der Waals surface area (Å²) in [6, 6.07) is 11.8. The summed E-state index contributed by atoms with van der Waals surface area (Å²) in [4.78, 5) is 12.6. The number of hydrogen-bond donors (Lipinski definition) is 2. The predicted molar refractivity (Wildman–Crippen MR) is 93.3 cm³/mol. The number of thioether (sulfide) groups is 1. The lowest BCUT2D eigenvalue weighted by Crippen LogP contribution is -2.30. The number of carbonyl (C=O) groups excluding carboxylic acids is 1. The maximum absolute atomic E-state index is 12.0. The van der Waals surface area contributed by atoms with Crippen molar-refractivity contribution in [2.24, 2.45) is 0 Å². The molecule has 1 aliphatic heterocycles. The molecule has 1 aromatic carbocycles. The fraction of sp³-hybridized carbons (Fsp3) is 0.188. The Morgan fingerprint density at radius 3 is 2.73 bits per heavy atom. The third kappa shape index (κ3) is 3.56. The highest BCUT2D eigenvalue weighted by molar-refractivity contribution is 9.10. The number of nitrogens with one attached hydrogen (secondary N) is 2. The Kier molecular flexibility index (Phi) is 4.59. The van der Waals surface area contributed by atoms with E-state index < -0.39 is 0 Å². The van der Waals surface area contributed by atoms with Crippen molar-refractivity contribution < 1.29 is 9.21 Å². The number of rotatable bonds is 4. The molecule has 1 saturated heterocycles. The highest BCUT2D eigenvalue weighted by atomic mass is 79.9. The molecule has 3 rings (SSSR count). The quantitative estimate of drug-likeness (QED) is 0.782. The fourth-order valence-corrected chi connectivity index (χ4v) is 3.37. The first-order valence-corrected chi connectivity index (χ1v) is 8.61. The number of amides is 1. The lowest BCUT2D eigenvalue weighted by molar-refractivity contribution is -0.116. The average molecular weight is 379 g/mol. The molecule has 0 radical (unpaired) electrons. The van der Waals surface area contributed by atoms with Crippen molar-refractivity contribution in [3.63, 3.8) is 0 Å². The molecule has 114 valence electrons. The van der Waals surface area contributed by atoms with Crippen LogP contribution in [0.3, 0.4) is 0 Å². The second-order valence-electron chi connectivity index (χ2n) is 4.82. The summed E-state index contributed by atoms with van der Waals surface area (Å²) < 4.78 is 6.05. The minimum absolute atomic E-state index is 0.0970. The summed E-state index contributed by atoms with van der Waals surface area (Å²) in [7, 11) is 0. The van der Waals surface area contributed by atoms with Gasteiger partial charge in [-0.1, -0.05) is 30.8 Å². The molecular formula is C16H15BrN2O2S. The number of furan rings is 1. The zero-order valence-electron chi connectivity index (χ0n) is 11.9. The van der Waals surface area contributed by atoms with Crippen LogP contribution in [0, 0.1) is 0 Å². The Labute approximate surface area is 141 Å². The Morgan fingerprint density at radius 1 is 1.32 bits per heavy atom. The van der Waals surface area contributed by atoms with Gasteiger partial charge in [0, 0.05) is 11.8 Å². The highest BCUT2D eigenvalue weighted by Gasteiger charge is 2.27. The van der Waals surface area contributed by atoms with E-state index in [1.165, 1.54) is 17.3 Å². The topological polar surface area (TPSA) is 54.3 Å². The number of carbonyl (C=O) groups is 1. The van der Waals surface area contributed by atoms with Crippen molar-refractivity contribution in [3.8, 4) is 0 Å². The monoisotopic (exact) mass is 378 g/mol. The molecule has 0 aliphatic carbocycles. The standard InChI is InChI=1S/C16H15BrN2O2S/c1-2-10-3-5-11(6-4-10)18-16-19-15(20)13(22-16)9-12-7-8-14(17)21-12/h3-9,16,18H,2H2,1H3,(H,19,20)/b13-9-/t16-/m0/s1. The van der Waals surface area contributed by atoms with Gasteiger partial charge in [-0.25, -0.2) is 0 Å². The maximum Gasteiger partial charge on any atom is 0.260 e. The average Bonchev–Trinajstić information content (AvgIpc) is 3.06. The van der Waals surface area contributed by atoms with Gasteiger partial charge in [-0.3, -0.25) is 4.79 Å². The summed E-state index contributed by atoms with van der Waals surface area (Å²) in [6.45, 7) is 2.12. The molecule has 1 aromatic heterocycles. The summed E-state index contributed by atoms with van der Waals surface area (Å²) in [5.41, 5.74) is 2.10. The Hall–Kier alpha value is -1.66. The van der Waals surface area contributed by atoms with Gasteiger partial charge >= 0.3 is 0 Å². The zero-order valence-corrected chi connectivity index (χ0v) is 14.3. The lowest BCUT2D eigenvalue weighted by atomic mass is 10.1. The second-order valence-corrected chi connectivity index (χ2v) is 6.75. The van der Waals surface area contributed by atoms with Gasteiger partial charge in [-0.2, -0.15) is 0 Å². The van der Waals surface area contributed by atoms with Gasteiger partial charge in [0.05, 0.1) is 4.91 Å². The van der Waals surface area contributed by atoms with Crippen molar-refractivity contribution in [2.75, 3.05) is 5.32 Å². The van der Waals surface area contributed by atoms with E-state index in [2.05, 4.69) is 45.6 Å². The van der Waals surface area contributed by atoms with Crippen LogP contribution in [0.5, 0.6) is 0 Å². The van der Waals surface area contributed by atoms with E-state index in [-0.39, 0.29) is 11.4 Å². The Morgan fingerprint density at radius 2 is 2.09 bits per heavy atom. The molecular weight excluding hydrogens is 364 g/mol. The first-order valence-electron chi connectivity index (χ1n) is 6.94. The molecule has 1 atom stereocenters. The first kappa shape index (κ1) is 15.2. The van der Waals surface area contributed by atoms with Crippen LogP contribution in [0.15, 0.2) is 50.4 Å². The van der Waals surface area contributed by atoms with Crippen molar-refractivity contribution in [1.29, 1.82) is 0 Å². The van der Waals surface area contributed by atoms with Crippen molar-refractivity contribution >= 4 is 45.4 Å². The van der Waals surface area contributed by atoms with Crippen LogP contribution in [0.2, 0.25) is 0 Å². The SMILES string of the molecule is CCc1ccc(N[C@H]2NC(=O)/C(=C/c3ccc(Br)o3)S2)cc1. The van der Waals surface area contributed by atoms with Gasteiger partial charge in [0.1, 0.15) is 5.76 Å². The maximum atomic E-state index is 12.0. The number of aryl methyl sites for hydroxylation is 1. The van der Waals surface area contributed by atoms with Gasteiger partial charge in [0.25, 0.3) is 5.91 Å². The number of halogens is 1. The highest BCUT2D eigenvalue weighted by Crippen LogP contribution is 2.31. The van der Waals surface area contributed by atoms with Crippen LogP contribution in [-0.2, 0) is 11.2 Å². The smallest absolute Gasteiger partial charge is 0.260 e. The third-order valence-corrected chi connectivity index (χ3v) is 4.71. The van der Waals surface area contributed by atoms with Crippen molar-refractivity contribution in [2.45, 2.75) is 18.8 Å². The van der Waals surface area contributed by atoms with E-state index in [9.17, 15) is 4.79 Å². The van der Waals surface area contributed by atoms with Crippen LogP contribution in [0.25, 0.3) is 6.08 Å². The molecule has 22 heavy (non-hydrogen) atoms. The third-order valence-electron chi connectivity index (χ3n) is 3.26. The second kappa shape index (κ2) is 6.62. The summed E-state index contributed by atoms with van der Waals surface area (Å²) in [5, 5.41) is 6.19. The Bertz CT molecular complexity index is 709. The predicted octanol–water partition coefficient (Wildman–Crippen LogP) is 4.20. The molecule has 0 spiro atoms. The number of benzene rings is 1. The molecule has 6 heteroatoms. The fourth-order valence-electron chi connectivity index (χ4n) is 2.09. The van der Waals surface area contributed by atoms with Crippen LogP contribution in [0.1, 0.15) is 18.2 Å². The van der Waals surface area contributed by atoms with E-state index >= 15 is 0 Å². The minimum atomic E-state index is -0.176. The molecule has 0 saturated carbocycles. The van der Waals surface area contributed by atoms with E-state index in [1.807, 2.05) is 18.2 Å². The van der Waals surface area contributed by atoms with E-state index in [0.717, 1.165) is 12.1 Å². The van der Waals surface area contributed by atoms with Gasteiger partial charge in [0.2, 0.25) is 0 Å². The van der Waals surface area contributed by atoms with Crippen molar-refractivity contribution in [3.05, 3.63) is 57.3 Å². The van der Waals surface area contributed by atoms with Crippen LogP contribution < -0.4 is 10.6 Å². The summed E-state index contributed by atoms with van der Waals surface area (Å²) in [6.07, 6.45) is 2.76. The molecule has 2 aromatic rings. The van der Waals surface area contributed by atoms with Gasteiger partial charge in [0.15, 0.2) is 10.2 Å². The van der Waals surface area contributed by atoms with Crippen molar-refractivity contribution in [1.82, 2.24) is 5.32 Å². The molecule has 0 bridgehead atoms. The van der Waals surface area contributed by atoms with Gasteiger partial charge in [-0.05, 0) is 52.2 Å².